The van der Waals surface area contributed by atoms with Crippen LogP contribution < -0.4 is 0 Å². The molecule has 1 saturated heterocycles. The van der Waals surface area contributed by atoms with Gasteiger partial charge in [-0.05, 0) is 33.6 Å². The molecule has 0 aromatic rings. The molecule has 2 rings (SSSR count). The number of hydrogen-bond acceptors (Lipinski definition) is 4. The molecule has 0 amide bonds. The van der Waals surface area contributed by atoms with Crippen molar-refractivity contribution in [3.8, 4) is 0 Å². The van der Waals surface area contributed by atoms with Crippen molar-refractivity contribution in [2.75, 3.05) is 19.8 Å². The summed E-state index contributed by atoms with van der Waals surface area (Å²) in [5.74, 6) is 0. The smallest absolute Gasteiger partial charge is 0.372 e. The molecule has 4 nitrogen and oxygen atoms in total. The minimum atomic E-state index is -2.67. The highest BCUT2D eigenvalue weighted by Crippen LogP contribution is 2.54. The average molecular weight is 260 g/mol. The standard InChI is InChI=1S/C12H24O4Si/c1-4-13-17(14-5-2,15-6-3)12-10-8-7-9-11(12)16-12/h11H,4-10H2,1-3H3. The second-order valence-electron chi connectivity index (χ2n) is 4.60. The molecule has 1 aliphatic heterocycles. The van der Waals surface area contributed by atoms with Crippen molar-refractivity contribution in [3.05, 3.63) is 0 Å². The Balaban J connectivity index is 2.18. The Morgan fingerprint density at radius 3 is 2.12 bits per heavy atom. The summed E-state index contributed by atoms with van der Waals surface area (Å²) < 4.78 is 23.9. The summed E-state index contributed by atoms with van der Waals surface area (Å²) >= 11 is 0. The van der Waals surface area contributed by atoms with Crippen LogP contribution in [0.4, 0.5) is 0 Å². The van der Waals surface area contributed by atoms with Crippen LogP contribution in [-0.4, -0.2) is 40.0 Å². The fraction of sp³-hybridized carbons (Fsp3) is 1.00. The molecule has 1 aliphatic carbocycles. The number of ether oxygens (including phenoxy) is 1. The molecule has 2 unspecified atom stereocenters. The van der Waals surface area contributed by atoms with E-state index in [1.807, 2.05) is 20.8 Å². The monoisotopic (exact) mass is 260 g/mol. The molecule has 100 valence electrons. The van der Waals surface area contributed by atoms with Crippen molar-refractivity contribution in [1.82, 2.24) is 0 Å². The number of rotatable bonds is 7. The summed E-state index contributed by atoms with van der Waals surface area (Å²) in [6.07, 6.45) is 4.92. The zero-order valence-corrected chi connectivity index (χ0v) is 12.2. The number of hydrogen-bond donors (Lipinski definition) is 0. The van der Waals surface area contributed by atoms with E-state index in [1.165, 1.54) is 12.8 Å². The molecule has 2 aliphatic rings. The Bertz CT molecular complexity index is 244. The Morgan fingerprint density at radius 2 is 1.65 bits per heavy atom. The van der Waals surface area contributed by atoms with Crippen LogP contribution in [0.2, 0.25) is 0 Å². The van der Waals surface area contributed by atoms with Crippen molar-refractivity contribution in [3.63, 3.8) is 0 Å². The third-order valence-electron chi connectivity index (χ3n) is 3.60. The van der Waals surface area contributed by atoms with Crippen LogP contribution in [0.15, 0.2) is 0 Å². The maximum atomic E-state index is 5.98. The van der Waals surface area contributed by atoms with Gasteiger partial charge < -0.3 is 18.0 Å². The molecule has 5 heteroatoms. The van der Waals surface area contributed by atoms with E-state index in [1.54, 1.807) is 0 Å². The molecule has 2 fully saturated rings. The van der Waals surface area contributed by atoms with Crippen LogP contribution in [-0.2, 0) is 18.0 Å². The predicted octanol–water partition coefficient (Wildman–Crippen LogP) is 2.29. The Morgan fingerprint density at radius 1 is 1.06 bits per heavy atom. The molecule has 0 radical (unpaired) electrons. The van der Waals surface area contributed by atoms with Gasteiger partial charge in [-0.2, -0.15) is 0 Å². The van der Waals surface area contributed by atoms with Gasteiger partial charge in [0.25, 0.3) is 0 Å². The van der Waals surface area contributed by atoms with Crippen LogP contribution in [0.3, 0.4) is 0 Å². The van der Waals surface area contributed by atoms with Gasteiger partial charge >= 0.3 is 8.80 Å². The average Bonchev–Trinajstić information content (AvgIpc) is 3.05. The second-order valence-corrected chi connectivity index (χ2v) is 7.42. The summed E-state index contributed by atoms with van der Waals surface area (Å²) in [5.41, 5.74) is 0. The quantitative estimate of drug-likeness (QED) is 0.520. The molecule has 1 heterocycles. The molecule has 2 atom stereocenters. The van der Waals surface area contributed by atoms with Gasteiger partial charge in [0.05, 0.1) is 6.10 Å². The van der Waals surface area contributed by atoms with Gasteiger partial charge in [-0.15, -0.1) is 0 Å². The van der Waals surface area contributed by atoms with Crippen LogP contribution in [0.5, 0.6) is 0 Å². The molecule has 0 bridgehead atoms. The molecule has 0 N–H and O–H groups in total. The Hall–Kier alpha value is 0.0569. The fourth-order valence-electron chi connectivity index (χ4n) is 2.93. The lowest BCUT2D eigenvalue weighted by Gasteiger charge is -2.35. The van der Waals surface area contributed by atoms with E-state index >= 15 is 0 Å². The maximum absolute atomic E-state index is 5.98. The highest BCUT2D eigenvalue weighted by atomic mass is 28.4. The fourth-order valence-corrected chi connectivity index (χ4v) is 6.36. The van der Waals surface area contributed by atoms with Gasteiger partial charge in [0.1, 0.15) is 0 Å². The summed E-state index contributed by atoms with van der Waals surface area (Å²) in [4.78, 5) is 0. The van der Waals surface area contributed by atoms with Gasteiger partial charge in [0, 0.05) is 19.8 Å². The lowest BCUT2D eigenvalue weighted by Crippen LogP contribution is -2.60. The zero-order chi connectivity index (χ0) is 12.4. The Kier molecular flexibility index (Phi) is 4.25. The summed E-state index contributed by atoms with van der Waals surface area (Å²) in [5, 5.41) is -0.215. The van der Waals surface area contributed by atoms with E-state index < -0.39 is 8.80 Å². The second kappa shape index (κ2) is 5.36. The van der Waals surface area contributed by atoms with Crippen LogP contribution in [0.25, 0.3) is 0 Å². The summed E-state index contributed by atoms with van der Waals surface area (Å²) in [6, 6.07) is 0. The SMILES string of the molecule is CCO[Si](OCC)(OCC)C12CCCCC1O2. The van der Waals surface area contributed by atoms with Gasteiger partial charge in [-0.3, -0.25) is 0 Å². The summed E-state index contributed by atoms with van der Waals surface area (Å²) in [6.45, 7) is 7.88. The minimum absolute atomic E-state index is 0.215. The van der Waals surface area contributed by atoms with Gasteiger partial charge in [-0.1, -0.05) is 12.8 Å². The van der Waals surface area contributed by atoms with E-state index in [0.717, 1.165) is 12.8 Å². The first-order valence-corrected chi connectivity index (χ1v) is 8.56. The van der Waals surface area contributed by atoms with Crippen LogP contribution >= 0.6 is 0 Å². The van der Waals surface area contributed by atoms with Crippen LogP contribution in [0.1, 0.15) is 46.5 Å². The number of fused-ring (bicyclic) bond motifs is 1. The van der Waals surface area contributed by atoms with E-state index in [-0.39, 0.29) is 5.22 Å². The third kappa shape index (κ3) is 2.19. The molecule has 0 aromatic carbocycles. The first-order valence-electron chi connectivity index (χ1n) is 6.84. The summed E-state index contributed by atoms with van der Waals surface area (Å²) in [7, 11) is -2.67. The largest absolute Gasteiger partial charge is 0.537 e. The van der Waals surface area contributed by atoms with Gasteiger partial charge in [0.2, 0.25) is 0 Å². The molecule has 1 saturated carbocycles. The van der Waals surface area contributed by atoms with E-state index in [9.17, 15) is 0 Å². The topological polar surface area (TPSA) is 40.2 Å². The van der Waals surface area contributed by atoms with E-state index in [0.29, 0.717) is 25.9 Å². The first kappa shape index (κ1) is 13.5. The maximum Gasteiger partial charge on any atom is 0.537 e. The first-order chi connectivity index (χ1) is 8.24. The van der Waals surface area contributed by atoms with Gasteiger partial charge in [-0.25, -0.2) is 0 Å². The minimum Gasteiger partial charge on any atom is -0.372 e. The molecule has 0 spiro atoms. The molecule has 0 aromatic heterocycles. The Labute approximate surface area is 105 Å². The molecule has 17 heavy (non-hydrogen) atoms. The zero-order valence-electron chi connectivity index (χ0n) is 11.2. The van der Waals surface area contributed by atoms with Crippen LogP contribution in [0, 0.1) is 0 Å². The lowest BCUT2D eigenvalue weighted by atomic mass is 10.0. The third-order valence-corrected chi connectivity index (χ3v) is 7.33. The number of epoxide rings is 1. The van der Waals surface area contributed by atoms with Crippen molar-refractivity contribution in [2.45, 2.75) is 57.8 Å². The van der Waals surface area contributed by atoms with Crippen molar-refractivity contribution in [1.29, 1.82) is 0 Å². The normalized spacial score (nSPS) is 32.3. The van der Waals surface area contributed by atoms with Crippen molar-refractivity contribution in [2.24, 2.45) is 0 Å². The van der Waals surface area contributed by atoms with Gasteiger partial charge in [0.15, 0.2) is 5.22 Å². The van der Waals surface area contributed by atoms with E-state index in [4.69, 9.17) is 18.0 Å². The van der Waals surface area contributed by atoms with E-state index in [2.05, 4.69) is 0 Å². The molecular weight excluding hydrogens is 236 g/mol. The van der Waals surface area contributed by atoms with Crippen molar-refractivity contribution >= 4 is 8.80 Å². The predicted molar refractivity (Wildman–Crippen MR) is 66.7 cm³/mol. The lowest BCUT2D eigenvalue weighted by molar-refractivity contribution is 0.0401. The highest BCUT2D eigenvalue weighted by Gasteiger charge is 2.76. The van der Waals surface area contributed by atoms with Crippen molar-refractivity contribution < 1.29 is 18.0 Å². The molecular formula is C12H24O4Si. The highest BCUT2D eigenvalue weighted by molar-refractivity contribution is 6.65.